The first-order chi connectivity index (χ1) is 14.7. The van der Waals surface area contributed by atoms with Crippen molar-refractivity contribution in [2.24, 2.45) is 0 Å². The molecule has 0 aliphatic carbocycles. The second-order valence-electron chi connectivity index (χ2n) is 8.10. The number of nitrogens with zero attached hydrogens (tertiary/aromatic N) is 3. The van der Waals surface area contributed by atoms with Crippen LogP contribution >= 0.6 is 0 Å². The lowest BCUT2D eigenvalue weighted by Crippen LogP contribution is -2.39. The van der Waals surface area contributed by atoms with Gasteiger partial charge in [-0.25, -0.2) is 0 Å². The summed E-state index contributed by atoms with van der Waals surface area (Å²) in [7, 11) is 0. The van der Waals surface area contributed by atoms with Crippen LogP contribution in [0.2, 0.25) is 0 Å². The molecule has 1 aliphatic heterocycles. The molecule has 1 aromatic heterocycles. The number of hydrogen-bond acceptors (Lipinski definition) is 4. The first-order valence-electron chi connectivity index (χ1n) is 10.9. The lowest BCUT2D eigenvalue weighted by atomic mass is 9.87. The third-order valence-electron chi connectivity index (χ3n) is 6.08. The first-order valence-corrected chi connectivity index (χ1v) is 10.9. The summed E-state index contributed by atoms with van der Waals surface area (Å²) in [5.74, 6) is 1.66. The maximum Gasteiger partial charge on any atom is 0.227 e. The number of likely N-dealkylation sites (tertiary alicyclic amines) is 1. The van der Waals surface area contributed by atoms with Crippen molar-refractivity contribution in [1.29, 1.82) is 0 Å². The zero-order valence-corrected chi connectivity index (χ0v) is 17.8. The standard InChI is InChI=1S/C25H29N3O2/c1-3-21(19-8-5-4-6-9-19)22-10-7-17-28(22)24(29)16-15-23-26-25(27-30-23)20-13-11-18(2)12-14-20/h4-6,8-9,11-14,21-22H,3,7,10,15-17H2,1-2H3/t21-,22-/m1/s1. The quantitative estimate of drug-likeness (QED) is 0.546. The Labute approximate surface area is 178 Å². The minimum Gasteiger partial charge on any atom is -0.339 e. The van der Waals surface area contributed by atoms with Gasteiger partial charge >= 0.3 is 0 Å². The van der Waals surface area contributed by atoms with E-state index in [4.69, 9.17) is 4.52 Å². The van der Waals surface area contributed by atoms with Crippen LogP contribution in [0, 0.1) is 6.92 Å². The van der Waals surface area contributed by atoms with E-state index in [1.165, 1.54) is 11.1 Å². The van der Waals surface area contributed by atoms with Crippen LogP contribution in [0.25, 0.3) is 11.4 Å². The third-order valence-corrected chi connectivity index (χ3v) is 6.08. The maximum atomic E-state index is 13.0. The fraction of sp³-hybridized carbons (Fsp3) is 0.400. The molecule has 2 heterocycles. The monoisotopic (exact) mass is 403 g/mol. The van der Waals surface area contributed by atoms with Gasteiger partial charge in [0.05, 0.1) is 0 Å². The van der Waals surface area contributed by atoms with E-state index in [1.54, 1.807) is 0 Å². The highest BCUT2D eigenvalue weighted by molar-refractivity contribution is 5.77. The molecule has 1 aliphatic rings. The average Bonchev–Trinajstić information content (AvgIpc) is 3.44. The predicted octanol–water partition coefficient (Wildman–Crippen LogP) is 5.16. The molecular formula is C25H29N3O2. The highest BCUT2D eigenvalue weighted by Gasteiger charge is 2.34. The maximum absolute atomic E-state index is 13.0. The van der Waals surface area contributed by atoms with E-state index in [-0.39, 0.29) is 11.9 Å². The SMILES string of the molecule is CC[C@H](c1ccccc1)[C@H]1CCCN1C(=O)CCc1nc(-c2ccc(C)cc2)no1. The summed E-state index contributed by atoms with van der Waals surface area (Å²) >= 11 is 0. The molecule has 156 valence electrons. The zero-order valence-electron chi connectivity index (χ0n) is 17.8. The summed E-state index contributed by atoms with van der Waals surface area (Å²) in [5.41, 5.74) is 3.44. The molecule has 0 bridgehead atoms. The van der Waals surface area contributed by atoms with Gasteiger partial charge in [0.25, 0.3) is 0 Å². The number of carbonyl (C=O) groups is 1. The predicted molar refractivity (Wildman–Crippen MR) is 117 cm³/mol. The van der Waals surface area contributed by atoms with Gasteiger partial charge in [0.2, 0.25) is 17.6 Å². The van der Waals surface area contributed by atoms with Crippen LogP contribution in [0.1, 0.15) is 55.5 Å². The van der Waals surface area contributed by atoms with Gasteiger partial charge in [0, 0.05) is 36.9 Å². The third kappa shape index (κ3) is 4.45. The second kappa shape index (κ2) is 9.24. The molecule has 5 heteroatoms. The molecule has 0 spiro atoms. The van der Waals surface area contributed by atoms with Crippen molar-refractivity contribution in [3.05, 3.63) is 71.6 Å². The van der Waals surface area contributed by atoms with Gasteiger partial charge in [-0.2, -0.15) is 4.98 Å². The highest BCUT2D eigenvalue weighted by atomic mass is 16.5. The van der Waals surface area contributed by atoms with Crippen molar-refractivity contribution in [3.8, 4) is 11.4 Å². The Morgan fingerprint density at radius 2 is 1.93 bits per heavy atom. The molecule has 0 N–H and O–H groups in total. The molecule has 4 rings (SSSR count). The fourth-order valence-electron chi connectivity index (χ4n) is 4.48. The van der Waals surface area contributed by atoms with Crippen molar-refractivity contribution in [2.75, 3.05) is 6.54 Å². The van der Waals surface area contributed by atoms with E-state index < -0.39 is 0 Å². The molecule has 0 saturated carbocycles. The first kappa shape index (κ1) is 20.3. The summed E-state index contributed by atoms with van der Waals surface area (Å²) in [4.78, 5) is 19.6. The minimum atomic E-state index is 0.182. The summed E-state index contributed by atoms with van der Waals surface area (Å²) in [6.07, 6.45) is 4.04. The van der Waals surface area contributed by atoms with Gasteiger partial charge in [-0.1, -0.05) is 72.2 Å². The molecule has 2 atom stereocenters. The molecular weight excluding hydrogens is 374 g/mol. The fourth-order valence-corrected chi connectivity index (χ4v) is 4.48. The molecule has 30 heavy (non-hydrogen) atoms. The normalized spacial score (nSPS) is 17.3. The van der Waals surface area contributed by atoms with E-state index in [9.17, 15) is 4.79 Å². The Bertz CT molecular complexity index is 966. The van der Waals surface area contributed by atoms with Gasteiger partial charge in [-0.05, 0) is 31.7 Å². The van der Waals surface area contributed by atoms with Crippen LogP contribution in [-0.2, 0) is 11.2 Å². The summed E-state index contributed by atoms with van der Waals surface area (Å²) in [6.45, 7) is 5.10. The van der Waals surface area contributed by atoms with E-state index in [2.05, 4.69) is 46.2 Å². The van der Waals surface area contributed by atoms with Crippen LogP contribution in [0.4, 0.5) is 0 Å². The number of aryl methyl sites for hydroxylation is 2. The largest absolute Gasteiger partial charge is 0.339 e. The van der Waals surface area contributed by atoms with E-state index >= 15 is 0 Å². The van der Waals surface area contributed by atoms with Gasteiger partial charge in [0.1, 0.15) is 0 Å². The molecule has 1 saturated heterocycles. The molecule has 2 aromatic carbocycles. The van der Waals surface area contributed by atoms with Crippen LogP contribution in [-0.4, -0.2) is 33.5 Å². The number of hydrogen-bond donors (Lipinski definition) is 0. The van der Waals surface area contributed by atoms with Crippen molar-refractivity contribution >= 4 is 5.91 Å². The smallest absolute Gasteiger partial charge is 0.227 e. The lowest BCUT2D eigenvalue weighted by molar-refractivity contribution is -0.132. The Kier molecular flexibility index (Phi) is 6.26. The van der Waals surface area contributed by atoms with E-state index in [0.717, 1.165) is 31.4 Å². The number of carbonyl (C=O) groups excluding carboxylic acids is 1. The van der Waals surface area contributed by atoms with Crippen molar-refractivity contribution in [3.63, 3.8) is 0 Å². The second-order valence-corrected chi connectivity index (χ2v) is 8.10. The molecule has 0 radical (unpaired) electrons. The van der Waals surface area contributed by atoms with Gasteiger partial charge in [-0.15, -0.1) is 0 Å². The van der Waals surface area contributed by atoms with Crippen molar-refractivity contribution in [2.45, 2.75) is 57.9 Å². The number of rotatable bonds is 7. The Hall–Kier alpha value is -2.95. The van der Waals surface area contributed by atoms with Gasteiger partial charge in [0.15, 0.2) is 0 Å². The highest BCUT2D eigenvalue weighted by Crippen LogP contribution is 2.34. The van der Waals surface area contributed by atoms with Crippen LogP contribution < -0.4 is 0 Å². The minimum absolute atomic E-state index is 0.182. The molecule has 1 amide bonds. The zero-order chi connectivity index (χ0) is 20.9. The van der Waals surface area contributed by atoms with E-state index in [1.807, 2.05) is 37.3 Å². The van der Waals surface area contributed by atoms with Crippen LogP contribution in [0.5, 0.6) is 0 Å². The van der Waals surface area contributed by atoms with Crippen molar-refractivity contribution < 1.29 is 9.32 Å². The molecule has 1 fully saturated rings. The van der Waals surface area contributed by atoms with Gasteiger partial charge in [-0.3, -0.25) is 4.79 Å². The topological polar surface area (TPSA) is 59.2 Å². The summed E-state index contributed by atoms with van der Waals surface area (Å²) < 4.78 is 5.40. The summed E-state index contributed by atoms with van der Waals surface area (Å²) in [5, 5.41) is 4.08. The Balaban J connectivity index is 1.39. The van der Waals surface area contributed by atoms with Crippen molar-refractivity contribution in [1.82, 2.24) is 15.0 Å². The molecule has 3 aromatic rings. The van der Waals surface area contributed by atoms with E-state index in [0.29, 0.717) is 30.5 Å². The number of benzene rings is 2. The molecule has 0 unspecified atom stereocenters. The number of aromatic nitrogens is 2. The van der Waals surface area contributed by atoms with Gasteiger partial charge < -0.3 is 9.42 Å². The number of amides is 1. The average molecular weight is 404 g/mol. The van der Waals surface area contributed by atoms with Crippen LogP contribution in [0.15, 0.2) is 59.1 Å². The Morgan fingerprint density at radius 3 is 2.67 bits per heavy atom. The van der Waals surface area contributed by atoms with Crippen LogP contribution in [0.3, 0.4) is 0 Å². The summed E-state index contributed by atoms with van der Waals surface area (Å²) in [6, 6.07) is 18.9. The molecule has 5 nitrogen and oxygen atoms in total. The lowest BCUT2D eigenvalue weighted by Gasteiger charge is -2.31. The Morgan fingerprint density at radius 1 is 1.17 bits per heavy atom.